The monoisotopic (exact) mass is 480 g/mol. The van der Waals surface area contributed by atoms with Crippen LogP contribution in [0.25, 0.3) is 0 Å². The maximum atomic E-state index is 12.5. The van der Waals surface area contributed by atoms with Crippen LogP contribution in [0, 0.1) is 34.5 Å². The van der Waals surface area contributed by atoms with Crippen molar-refractivity contribution in [2.24, 2.45) is 34.5 Å². The molecule has 4 heteroatoms. The van der Waals surface area contributed by atoms with Crippen LogP contribution in [0.2, 0.25) is 0 Å². The summed E-state index contributed by atoms with van der Waals surface area (Å²) in [5.41, 5.74) is 0.781. The van der Waals surface area contributed by atoms with Crippen LogP contribution in [-0.4, -0.2) is 25.2 Å². The molecule has 2 unspecified atom stereocenters. The predicted molar refractivity (Wildman–Crippen MR) is 142 cm³/mol. The number of hydrogen-bond donors (Lipinski definition) is 0. The lowest BCUT2D eigenvalue weighted by Gasteiger charge is -2.26. The standard InChI is InChI=1S/C30H56O4/c1-23(11-9-19-29(3,4)5)17-21-33-27(31)25-13-15-26(16-14-25)28(32)34-22-18-24(2)12-10-20-30(6,7)8/h23-26H,9-22H2,1-8H3. The van der Waals surface area contributed by atoms with Crippen LogP contribution in [0.1, 0.15) is 132 Å². The second kappa shape index (κ2) is 15.1. The van der Waals surface area contributed by atoms with E-state index in [0.29, 0.717) is 35.9 Å². The highest BCUT2D eigenvalue weighted by molar-refractivity contribution is 5.75. The Morgan fingerprint density at radius 2 is 0.971 bits per heavy atom. The van der Waals surface area contributed by atoms with Crippen LogP contribution in [0.3, 0.4) is 0 Å². The molecule has 1 fully saturated rings. The van der Waals surface area contributed by atoms with Gasteiger partial charge in [0.1, 0.15) is 0 Å². The van der Waals surface area contributed by atoms with Crippen molar-refractivity contribution in [1.82, 2.24) is 0 Å². The molecule has 1 aliphatic rings. The Morgan fingerprint density at radius 1 is 0.647 bits per heavy atom. The van der Waals surface area contributed by atoms with Gasteiger partial charge in [0.25, 0.3) is 0 Å². The first-order valence-corrected chi connectivity index (χ1v) is 14.1. The lowest BCUT2D eigenvalue weighted by atomic mass is 9.82. The smallest absolute Gasteiger partial charge is 0.308 e. The molecule has 0 aromatic heterocycles. The first-order chi connectivity index (χ1) is 15.8. The van der Waals surface area contributed by atoms with Gasteiger partial charge in [0.15, 0.2) is 0 Å². The molecule has 0 aliphatic heterocycles. The van der Waals surface area contributed by atoms with Gasteiger partial charge in [-0.15, -0.1) is 0 Å². The summed E-state index contributed by atoms with van der Waals surface area (Å²) in [4.78, 5) is 24.9. The van der Waals surface area contributed by atoms with E-state index < -0.39 is 0 Å². The molecule has 2 atom stereocenters. The highest BCUT2D eigenvalue weighted by Gasteiger charge is 2.31. The first-order valence-electron chi connectivity index (χ1n) is 14.1. The molecule has 0 aromatic rings. The average Bonchev–Trinajstić information content (AvgIpc) is 2.71. The van der Waals surface area contributed by atoms with Gasteiger partial charge in [-0.1, -0.05) is 81.1 Å². The molecule has 0 heterocycles. The van der Waals surface area contributed by atoms with Gasteiger partial charge >= 0.3 is 11.9 Å². The second-order valence-electron chi connectivity index (χ2n) is 13.6. The van der Waals surface area contributed by atoms with Crippen molar-refractivity contribution in [3.8, 4) is 0 Å². The predicted octanol–water partition coefficient (Wildman–Crippen LogP) is 8.36. The number of rotatable bonds is 14. The molecule has 1 aliphatic carbocycles. The highest BCUT2D eigenvalue weighted by atomic mass is 16.5. The van der Waals surface area contributed by atoms with Crippen LogP contribution in [0.4, 0.5) is 0 Å². The third-order valence-electron chi connectivity index (χ3n) is 7.35. The zero-order chi connectivity index (χ0) is 25.8. The summed E-state index contributed by atoms with van der Waals surface area (Å²) in [7, 11) is 0. The van der Waals surface area contributed by atoms with E-state index in [1.54, 1.807) is 0 Å². The molecule has 0 saturated heterocycles. The lowest BCUT2D eigenvalue weighted by Crippen LogP contribution is -2.28. The third-order valence-corrected chi connectivity index (χ3v) is 7.35. The quantitative estimate of drug-likeness (QED) is 0.234. The van der Waals surface area contributed by atoms with Gasteiger partial charge in [0.2, 0.25) is 0 Å². The Balaban J connectivity index is 2.15. The Morgan fingerprint density at radius 3 is 1.26 bits per heavy atom. The van der Waals surface area contributed by atoms with Gasteiger partial charge < -0.3 is 9.47 Å². The zero-order valence-corrected chi connectivity index (χ0v) is 23.8. The molecule has 34 heavy (non-hydrogen) atoms. The van der Waals surface area contributed by atoms with Gasteiger partial charge in [0, 0.05) is 0 Å². The minimum absolute atomic E-state index is 0.0527. The molecule has 1 saturated carbocycles. The summed E-state index contributed by atoms with van der Waals surface area (Å²) in [6.45, 7) is 19.2. The van der Waals surface area contributed by atoms with Gasteiger partial charge in [-0.2, -0.15) is 0 Å². The molecule has 4 nitrogen and oxygen atoms in total. The Labute approximate surface area is 211 Å². The molecule has 0 radical (unpaired) electrons. The normalized spacial score (nSPS) is 21.1. The van der Waals surface area contributed by atoms with E-state index in [1.165, 1.54) is 38.5 Å². The van der Waals surface area contributed by atoms with E-state index in [2.05, 4.69) is 55.4 Å². The summed E-state index contributed by atoms with van der Waals surface area (Å²) in [5.74, 6) is 0.922. The van der Waals surface area contributed by atoms with E-state index in [-0.39, 0.29) is 23.8 Å². The summed E-state index contributed by atoms with van der Waals surface area (Å²) in [6, 6.07) is 0. The van der Waals surface area contributed by atoms with Gasteiger partial charge in [-0.05, 0) is 74.0 Å². The number of ether oxygens (including phenoxy) is 2. The topological polar surface area (TPSA) is 52.6 Å². The largest absolute Gasteiger partial charge is 0.465 e. The van der Waals surface area contributed by atoms with E-state index in [9.17, 15) is 9.59 Å². The Hall–Kier alpha value is -1.06. The molecule has 0 aromatic carbocycles. The lowest BCUT2D eigenvalue weighted by molar-refractivity contribution is -0.155. The van der Waals surface area contributed by atoms with Crippen molar-refractivity contribution in [1.29, 1.82) is 0 Å². The van der Waals surface area contributed by atoms with Crippen molar-refractivity contribution < 1.29 is 19.1 Å². The third kappa shape index (κ3) is 15.0. The average molecular weight is 481 g/mol. The molecular formula is C30H56O4. The van der Waals surface area contributed by atoms with Crippen LogP contribution >= 0.6 is 0 Å². The van der Waals surface area contributed by atoms with Crippen molar-refractivity contribution in [3.63, 3.8) is 0 Å². The Bertz CT molecular complexity index is 524. The molecular weight excluding hydrogens is 424 g/mol. The van der Waals surface area contributed by atoms with E-state index in [1.807, 2.05) is 0 Å². The molecule has 0 spiro atoms. The minimum Gasteiger partial charge on any atom is -0.465 e. The SMILES string of the molecule is CC(CCCC(C)(C)C)CCOC(=O)C1CCC(C(=O)OCCC(C)CCCC(C)(C)C)CC1. The first kappa shape index (κ1) is 31.0. The summed E-state index contributed by atoms with van der Waals surface area (Å²) in [5, 5.41) is 0. The van der Waals surface area contributed by atoms with Crippen molar-refractivity contribution in [3.05, 3.63) is 0 Å². The highest BCUT2D eigenvalue weighted by Crippen LogP contribution is 2.31. The number of hydrogen-bond acceptors (Lipinski definition) is 4. The molecule has 0 amide bonds. The maximum absolute atomic E-state index is 12.5. The number of esters is 2. The van der Waals surface area contributed by atoms with Gasteiger partial charge in [-0.3, -0.25) is 9.59 Å². The summed E-state index contributed by atoms with van der Waals surface area (Å²) >= 11 is 0. The minimum atomic E-state index is -0.0715. The fourth-order valence-corrected chi connectivity index (χ4v) is 4.77. The van der Waals surface area contributed by atoms with Gasteiger partial charge in [-0.25, -0.2) is 0 Å². The molecule has 200 valence electrons. The number of carbonyl (C=O) groups excluding carboxylic acids is 2. The Kier molecular flexibility index (Phi) is 13.8. The van der Waals surface area contributed by atoms with Crippen LogP contribution in [-0.2, 0) is 19.1 Å². The zero-order valence-electron chi connectivity index (χ0n) is 23.8. The fourth-order valence-electron chi connectivity index (χ4n) is 4.77. The number of carbonyl (C=O) groups is 2. The maximum Gasteiger partial charge on any atom is 0.308 e. The summed E-state index contributed by atoms with van der Waals surface area (Å²) in [6.07, 6.45) is 12.1. The molecule has 1 rings (SSSR count). The van der Waals surface area contributed by atoms with Crippen molar-refractivity contribution in [2.45, 2.75) is 132 Å². The van der Waals surface area contributed by atoms with Crippen LogP contribution in [0.15, 0.2) is 0 Å². The van der Waals surface area contributed by atoms with Crippen LogP contribution < -0.4 is 0 Å². The molecule has 0 bridgehead atoms. The second-order valence-corrected chi connectivity index (χ2v) is 13.6. The van der Waals surface area contributed by atoms with E-state index in [0.717, 1.165) is 38.5 Å². The van der Waals surface area contributed by atoms with E-state index in [4.69, 9.17) is 9.47 Å². The summed E-state index contributed by atoms with van der Waals surface area (Å²) < 4.78 is 11.2. The molecule has 0 N–H and O–H groups in total. The van der Waals surface area contributed by atoms with Crippen molar-refractivity contribution in [2.75, 3.05) is 13.2 Å². The fraction of sp³-hybridized carbons (Fsp3) is 0.933. The van der Waals surface area contributed by atoms with E-state index >= 15 is 0 Å². The van der Waals surface area contributed by atoms with Crippen LogP contribution in [0.5, 0.6) is 0 Å². The van der Waals surface area contributed by atoms with Crippen molar-refractivity contribution >= 4 is 11.9 Å². The van der Waals surface area contributed by atoms with Gasteiger partial charge in [0.05, 0.1) is 25.0 Å².